The van der Waals surface area contributed by atoms with Gasteiger partial charge >= 0.3 is 17.9 Å². The summed E-state index contributed by atoms with van der Waals surface area (Å²) < 4.78 is 16.0. The third kappa shape index (κ3) is 15.9. The molecule has 0 aliphatic heterocycles. The number of hydrogen-bond donors (Lipinski definition) is 0. The first kappa shape index (κ1) is 30.6. The molecular weight excluding hydrogens is 424 g/mol. The van der Waals surface area contributed by atoms with Crippen LogP contribution in [-0.2, 0) is 33.4 Å². The molecule has 33 heavy (non-hydrogen) atoms. The van der Waals surface area contributed by atoms with Gasteiger partial charge in [0.15, 0.2) is 0 Å². The van der Waals surface area contributed by atoms with E-state index in [4.69, 9.17) is 14.2 Å². The molecule has 0 saturated carbocycles. The summed E-state index contributed by atoms with van der Waals surface area (Å²) >= 11 is 0. The van der Waals surface area contributed by atoms with Crippen LogP contribution in [0.5, 0.6) is 0 Å². The number of Topliss-reactive ketones (excluding diaryl/α,β-unsaturated/α-hetero) is 1. The van der Waals surface area contributed by atoms with Crippen LogP contribution in [0.1, 0.15) is 80.1 Å². The van der Waals surface area contributed by atoms with Crippen LogP contribution in [0.2, 0.25) is 0 Å². The first-order valence-electron chi connectivity index (χ1n) is 11.4. The van der Waals surface area contributed by atoms with Crippen molar-refractivity contribution in [3.05, 3.63) is 25.3 Å². The van der Waals surface area contributed by atoms with E-state index in [2.05, 4.69) is 33.9 Å². The number of rotatable bonds is 15. The van der Waals surface area contributed by atoms with Crippen molar-refractivity contribution in [3.8, 4) is 0 Å². The van der Waals surface area contributed by atoms with Crippen LogP contribution in [0.25, 0.3) is 0 Å². The van der Waals surface area contributed by atoms with Crippen LogP contribution in [0.3, 0.4) is 0 Å². The Bertz CT molecular complexity index is 668. The van der Waals surface area contributed by atoms with Gasteiger partial charge in [0.2, 0.25) is 0 Å². The fourth-order valence-corrected chi connectivity index (χ4v) is 3.46. The van der Waals surface area contributed by atoms with Crippen LogP contribution >= 0.6 is 0 Å². The molecule has 7 nitrogen and oxygen atoms in total. The molecule has 0 rings (SSSR count). The van der Waals surface area contributed by atoms with Gasteiger partial charge in [-0.3, -0.25) is 9.59 Å². The lowest BCUT2D eigenvalue weighted by Gasteiger charge is -2.37. The largest absolute Gasteiger partial charge is 0.465 e. The fourth-order valence-electron chi connectivity index (χ4n) is 3.46. The minimum absolute atomic E-state index is 0.0250. The Hall–Kier alpha value is -2.44. The Morgan fingerprint density at radius 2 is 1.18 bits per heavy atom. The van der Waals surface area contributed by atoms with Crippen LogP contribution < -0.4 is 0 Å². The number of carbonyl (C=O) groups excluding carboxylic acids is 4. The summed E-state index contributed by atoms with van der Waals surface area (Å²) in [5, 5.41) is 0. The van der Waals surface area contributed by atoms with Gasteiger partial charge in [-0.2, -0.15) is 0 Å². The summed E-state index contributed by atoms with van der Waals surface area (Å²) in [7, 11) is 0. The third-order valence-electron chi connectivity index (χ3n) is 4.81. The molecule has 0 aliphatic rings. The molecule has 0 radical (unpaired) electrons. The molecule has 0 saturated heterocycles. The minimum atomic E-state index is -0.956. The quantitative estimate of drug-likeness (QED) is 0.191. The smallest absolute Gasteiger partial charge is 0.330 e. The lowest BCUT2D eigenvalue weighted by atomic mass is 9.75. The third-order valence-corrected chi connectivity index (χ3v) is 4.81. The second-order valence-electron chi connectivity index (χ2n) is 11.0. The number of hydrogen-bond acceptors (Lipinski definition) is 7. The molecule has 0 amide bonds. The highest BCUT2D eigenvalue weighted by molar-refractivity contribution is 5.83. The second-order valence-corrected chi connectivity index (χ2v) is 11.0. The molecule has 0 bridgehead atoms. The molecule has 0 unspecified atom stereocenters. The summed E-state index contributed by atoms with van der Waals surface area (Å²) in [6, 6.07) is 0. The van der Waals surface area contributed by atoms with E-state index in [9.17, 15) is 19.2 Å². The average Bonchev–Trinajstić information content (AvgIpc) is 2.70. The van der Waals surface area contributed by atoms with Crippen molar-refractivity contribution in [2.24, 2.45) is 16.2 Å². The molecule has 0 atom stereocenters. The standard InChI is InChI=1S/C26H42O7/c1-9-21(28)31-17-26(16-25(6,7)8,18-32-22(29)10-2)19-33-23(30)14-13-20(27)12-11-15-24(3,4)5/h9-10H,1-2,11-19H2,3-8H3. The molecule has 0 aromatic carbocycles. The molecule has 0 fully saturated rings. The Morgan fingerprint density at radius 1 is 0.697 bits per heavy atom. The first-order valence-corrected chi connectivity index (χ1v) is 11.4. The molecule has 0 aromatic rings. The van der Waals surface area contributed by atoms with E-state index in [1.165, 1.54) is 0 Å². The first-order chi connectivity index (χ1) is 15.1. The van der Waals surface area contributed by atoms with Gasteiger partial charge in [-0.25, -0.2) is 9.59 Å². The van der Waals surface area contributed by atoms with Crippen LogP contribution in [0.4, 0.5) is 0 Å². The number of ether oxygens (including phenoxy) is 3. The average molecular weight is 467 g/mol. The number of carbonyl (C=O) groups is 4. The van der Waals surface area contributed by atoms with Gasteiger partial charge in [-0.15, -0.1) is 0 Å². The van der Waals surface area contributed by atoms with Crippen molar-refractivity contribution >= 4 is 23.7 Å². The Morgan fingerprint density at radius 3 is 1.61 bits per heavy atom. The molecule has 7 heteroatoms. The summed E-state index contributed by atoms with van der Waals surface area (Å²) in [5.41, 5.74) is -1.04. The predicted octanol–water partition coefficient (Wildman–Crippen LogP) is 4.98. The fraction of sp³-hybridized carbons (Fsp3) is 0.692. The SMILES string of the molecule is C=CC(=O)OCC(COC(=O)C=C)(COC(=O)CCC(=O)CCCC(C)(C)C)CC(C)(C)C. The van der Waals surface area contributed by atoms with Gasteiger partial charge < -0.3 is 14.2 Å². The lowest BCUT2D eigenvalue weighted by Crippen LogP contribution is -2.42. The molecule has 0 N–H and O–H groups in total. The summed E-state index contributed by atoms with van der Waals surface area (Å²) in [6.45, 7) is 18.7. The van der Waals surface area contributed by atoms with Crippen molar-refractivity contribution < 1.29 is 33.4 Å². The van der Waals surface area contributed by atoms with Gasteiger partial charge in [0.25, 0.3) is 0 Å². The number of ketones is 1. The Balaban J connectivity index is 5.11. The molecule has 188 valence electrons. The van der Waals surface area contributed by atoms with Crippen molar-refractivity contribution in [1.82, 2.24) is 0 Å². The van der Waals surface area contributed by atoms with E-state index in [1.54, 1.807) is 0 Å². The number of esters is 3. The lowest BCUT2D eigenvalue weighted by molar-refractivity contribution is -0.161. The monoisotopic (exact) mass is 466 g/mol. The maximum Gasteiger partial charge on any atom is 0.330 e. The maximum atomic E-state index is 12.4. The van der Waals surface area contributed by atoms with E-state index in [1.807, 2.05) is 20.8 Å². The summed E-state index contributed by atoms with van der Waals surface area (Å²) in [4.78, 5) is 47.8. The molecule has 0 spiro atoms. The summed E-state index contributed by atoms with van der Waals surface area (Å²) in [6.07, 6.45) is 4.76. The van der Waals surface area contributed by atoms with Crippen molar-refractivity contribution in [3.63, 3.8) is 0 Å². The maximum absolute atomic E-state index is 12.4. The van der Waals surface area contributed by atoms with Crippen LogP contribution in [0.15, 0.2) is 25.3 Å². The highest BCUT2D eigenvalue weighted by atomic mass is 16.6. The van der Waals surface area contributed by atoms with Crippen molar-refractivity contribution in [2.45, 2.75) is 80.1 Å². The zero-order valence-corrected chi connectivity index (χ0v) is 21.3. The summed E-state index contributed by atoms with van der Waals surface area (Å²) in [5.74, 6) is -1.76. The van der Waals surface area contributed by atoms with Crippen LogP contribution in [0, 0.1) is 16.2 Å². The molecule has 0 heterocycles. The van der Waals surface area contributed by atoms with E-state index in [0.29, 0.717) is 12.8 Å². The molecule has 0 aromatic heterocycles. The van der Waals surface area contributed by atoms with E-state index in [-0.39, 0.29) is 49.3 Å². The van der Waals surface area contributed by atoms with Crippen LogP contribution in [-0.4, -0.2) is 43.5 Å². The van der Waals surface area contributed by atoms with Gasteiger partial charge in [-0.1, -0.05) is 54.7 Å². The zero-order valence-electron chi connectivity index (χ0n) is 21.3. The van der Waals surface area contributed by atoms with E-state index >= 15 is 0 Å². The van der Waals surface area contributed by atoms with Crippen molar-refractivity contribution in [1.29, 1.82) is 0 Å². The van der Waals surface area contributed by atoms with Crippen molar-refractivity contribution in [2.75, 3.05) is 19.8 Å². The normalized spacial score (nSPS) is 11.9. The van der Waals surface area contributed by atoms with Gasteiger partial charge in [0.05, 0.1) is 11.8 Å². The van der Waals surface area contributed by atoms with Gasteiger partial charge in [0.1, 0.15) is 25.6 Å². The topological polar surface area (TPSA) is 96.0 Å². The van der Waals surface area contributed by atoms with Gasteiger partial charge in [-0.05, 0) is 30.1 Å². The highest BCUT2D eigenvalue weighted by Gasteiger charge is 2.39. The highest BCUT2D eigenvalue weighted by Crippen LogP contribution is 2.35. The molecule has 0 aliphatic carbocycles. The Kier molecular flexibility index (Phi) is 12.9. The van der Waals surface area contributed by atoms with E-state index in [0.717, 1.165) is 25.0 Å². The Labute approximate surface area is 198 Å². The van der Waals surface area contributed by atoms with E-state index < -0.39 is 23.3 Å². The minimum Gasteiger partial charge on any atom is -0.465 e. The molecular formula is C26H42O7. The predicted molar refractivity (Wildman–Crippen MR) is 127 cm³/mol. The van der Waals surface area contributed by atoms with Gasteiger partial charge in [0, 0.05) is 25.0 Å². The second kappa shape index (κ2) is 14.0. The zero-order chi connectivity index (χ0) is 25.7.